The van der Waals surface area contributed by atoms with Crippen LogP contribution >= 0.6 is 0 Å². The molecule has 0 aliphatic carbocycles. The third-order valence-electron chi connectivity index (χ3n) is 4.69. The summed E-state index contributed by atoms with van der Waals surface area (Å²) < 4.78 is 55.5. The number of aliphatic hydroxyl groups excluding tert-OH is 1. The first-order valence-corrected chi connectivity index (χ1v) is 9.57. The van der Waals surface area contributed by atoms with Crippen LogP contribution in [0.3, 0.4) is 0 Å². The molecular weight excluding hydrogens is 371 g/mol. The van der Waals surface area contributed by atoms with Gasteiger partial charge in [0.1, 0.15) is 23.2 Å². The minimum atomic E-state index is -4.55. The van der Waals surface area contributed by atoms with Gasteiger partial charge in [0.2, 0.25) is 5.91 Å². The molecule has 3 atom stereocenters. The molecule has 1 amide bonds. The molecule has 0 aromatic heterocycles. The number of alkyl halides is 3. The fraction of sp³-hybridized carbons (Fsp3) is 0.588. The Hall–Kier alpha value is -1.61. The molecule has 2 aliphatic heterocycles. The van der Waals surface area contributed by atoms with Crippen LogP contribution in [0.15, 0.2) is 23.1 Å². The van der Waals surface area contributed by atoms with Crippen LogP contribution in [0.2, 0.25) is 0 Å². The van der Waals surface area contributed by atoms with Crippen molar-refractivity contribution in [2.45, 2.75) is 55.5 Å². The third kappa shape index (κ3) is 3.59. The number of fused-ring (bicyclic) bond motifs is 1. The van der Waals surface area contributed by atoms with Crippen molar-refractivity contribution in [2.75, 3.05) is 12.3 Å². The molecule has 0 spiro atoms. The van der Waals surface area contributed by atoms with E-state index in [4.69, 9.17) is 4.74 Å². The zero-order chi connectivity index (χ0) is 19.3. The van der Waals surface area contributed by atoms with Gasteiger partial charge in [-0.15, -0.1) is 0 Å². The molecule has 2 aliphatic rings. The van der Waals surface area contributed by atoms with Gasteiger partial charge in [-0.1, -0.05) is 0 Å². The van der Waals surface area contributed by atoms with Gasteiger partial charge in [-0.25, -0.2) is 0 Å². The average molecular weight is 391 g/mol. The number of amides is 1. The van der Waals surface area contributed by atoms with E-state index in [0.717, 1.165) is 0 Å². The predicted octanol–water partition coefficient (Wildman–Crippen LogP) is 2.55. The zero-order valence-electron chi connectivity index (χ0n) is 14.4. The highest BCUT2D eigenvalue weighted by molar-refractivity contribution is 7.85. The van der Waals surface area contributed by atoms with Crippen LogP contribution in [0.4, 0.5) is 13.2 Å². The number of likely N-dealkylation sites (tertiary alicyclic amines) is 1. The van der Waals surface area contributed by atoms with Crippen LogP contribution in [0.5, 0.6) is 5.75 Å². The second-order valence-corrected chi connectivity index (χ2v) is 8.54. The van der Waals surface area contributed by atoms with Gasteiger partial charge in [0.25, 0.3) is 0 Å². The molecule has 1 fully saturated rings. The number of carbonyl (C=O) groups is 1. The van der Waals surface area contributed by atoms with Crippen LogP contribution in [-0.2, 0) is 15.6 Å². The summed E-state index contributed by atoms with van der Waals surface area (Å²) in [5, 5.41) is 10.8. The maximum Gasteiger partial charge on any atom is 0.400 e. The number of ether oxygens (including phenoxy) is 1. The minimum absolute atomic E-state index is 0.00627. The molecule has 1 aromatic carbocycles. The number of hydrogen-bond acceptors (Lipinski definition) is 4. The van der Waals surface area contributed by atoms with Crippen LogP contribution in [-0.4, -0.2) is 50.3 Å². The van der Waals surface area contributed by atoms with E-state index in [1.165, 1.54) is 23.1 Å². The third-order valence-corrected chi connectivity index (χ3v) is 6.06. The van der Waals surface area contributed by atoms with Crippen LogP contribution in [0.25, 0.3) is 0 Å². The lowest BCUT2D eigenvalue weighted by atomic mass is 9.85. The predicted molar refractivity (Wildman–Crippen MR) is 88.2 cm³/mol. The van der Waals surface area contributed by atoms with Crippen molar-refractivity contribution in [2.24, 2.45) is 0 Å². The fourth-order valence-corrected chi connectivity index (χ4v) is 4.36. The molecule has 1 saturated heterocycles. The number of hydrogen-bond donors (Lipinski definition) is 1. The van der Waals surface area contributed by atoms with E-state index in [1.54, 1.807) is 13.8 Å². The van der Waals surface area contributed by atoms with E-state index < -0.39 is 40.5 Å². The second-order valence-electron chi connectivity index (χ2n) is 7.09. The summed E-state index contributed by atoms with van der Waals surface area (Å²) in [6.07, 6.45) is -4.61. The summed E-state index contributed by atoms with van der Waals surface area (Å²) in [6, 6.07) is 3.40. The van der Waals surface area contributed by atoms with Crippen molar-refractivity contribution >= 4 is 16.7 Å². The first-order chi connectivity index (χ1) is 12.0. The van der Waals surface area contributed by atoms with Crippen molar-refractivity contribution in [1.29, 1.82) is 0 Å². The Kier molecular flexibility index (Phi) is 4.81. The molecule has 0 saturated carbocycles. The lowest BCUT2D eigenvalue weighted by Crippen LogP contribution is -2.53. The molecule has 1 unspecified atom stereocenters. The molecule has 26 heavy (non-hydrogen) atoms. The highest BCUT2D eigenvalue weighted by Crippen LogP contribution is 2.44. The molecule has 1 aromatic rings. The molecular formula is C17H20F3NO4S. The molecule has 5 nitrogen and oxygen atoms in total. The summed E-state index contributed by atoms with van der Waals surface area (Å²) in [5.41, 5.74) is -0.590. The Morgan fingerprint density at radius 1 is 1.38 bits per heavy atom. The summed E-state index contributed by atoms with van der Waals surface area (Å²) in [5.74, 6) is -1.20. The van der Waals surface area contributed by atoms with Crippen molar-refractivity contribution in [3.8, 4) is 5.75 Å². The molecule has 144 valence electrons. The maximum absolute atomic E-state index is 12.6. The summed E-state index contributed by atoms with van der Waals surface area (Å²) >= 11 is 0. The van der Waals surface area contributed by atoms with Gasteiger partial charge in [0.05, 0.1) is 16.8 Å². The Bertz CT molecular complexity index is 750. The van der Waals surface area contributed by atoms with Gasteiger partial charge < -0.3 is 14.7 Å². The van der Waals surface area contributed by atoms with E-state index in [-0.39, 0.29) is 10.8 Å². The highest BCUT2D eigenvalue weighted by atomic mass is 32.2. The first-order valence-electron chi connectivity index (χ1n) is 8.25. The van der Waals surface area contributed by atoms with Gasteiger partial charge in [-0.2, -0.15) is 13.2 Å². The van der Waals surface area contributed by atoms with Crippen LogP contribution in [0.1, 0.15) is 38.3 Å². The second kappa shape index (κ2) is 6.53. The molecule has 0 radical (unpaired) electrons. The SMILES string of the molecule is CC1(C)Oc2ccc(S(=O)CC(F)(F)F)cc2[C@@H](N2CCCC2=O)[C@@H]1O. The quantitative estimate of drug-likeness (QED) is 0.860. The standard InChI is InChI=1S/C17H20F3NO4S/c1-16(2)15(23)14(21-7-3-4-13(21)22)11-8-10(5-6-12(11)25-16)26(24)9-17(18,19)20/h5-6,8,14-15,23H,3-4,7,9H2,1-2H3/t14-,15+,26?/m1/s1. The number of carbonyl (C=O) groups excluding carboxylic acids is 1. The zero-order valence-corrected chi connectivity index (χ0v) is 15.2. The topological polar surface area (TPSA) is 66.8 Å². The lowest BCUT2D eigenvalue weighted by Gasteiger charge is -2.45. The summed E-state index contributed by atoms with van der Waals surface area (Å²) in [4.78, 5) is 13.7. The Balaban J connectivity index is 2.03. The fourth-order valence-electron chi connectivity index (χ4n) is 3.42. The van der Waals surface area contributed by atoms with Crippen molar-refractivity contribution in [3.05, 3.63) is 23.8 Å². The smallest absolute Gasteiger partial charge is 0.400 e. The largest absolute Gasteiger partial charge is 0.485 e. The van der Waals surface area contributed by atoms with Crippen LogP contribution in [0, 0.1) is 0 Å². The number of aliphatic hydroxyl groups is 1. The Morgan fingerprint density at radius 2 is 2.08 bits per heavy atom. The molecule has 0 bridgehead atoms. The number of rotatable bonds is 3. The van der Waals surface area contributed by atoms with E-state index >= 15 is 0 Å². The van der Waals surface area contributed by atoms with Gasteiger partial charge in [0, 0.05) is 23.4 Å². The molecule has 3 rings (SSSR count). The highest BCUT2D eigenvalue weighted by Gasteiger charge is 2.47. The normalized spacial score (nSPS) is 26.4. The average Bonchev–Trinajstić information content (AvgIpc) is 2.92. The molecule has 2 heterocycles. The van der Waals surface area contributed by atoms with Gasteiger partial charge in [-0.3, -0.25) is 9.00 Å². The Labute approximate surface area is 151 Å². The van der Waals surface area contributed by atoms with Gasteiger partial charge in [-0.05, 0) is 38.5 Å². The summed E-state index contributed by atoms with van der Waals surface area (Å²) in [6.45, 7) is 3.82. The monoisotopic (exact) mass is 391 g/mol. The first kappa shape index (κ1) is 19.2. The van der Waals surface area contributed by atoms with Gasteiger partial charge in [0.15, 0.2) is 0 Å². The molecule has 1 N–H and O–H groups in total. The van der Waals surface area contributed by atoms with Crippen molar-refractivity contribution in [1.82, 2.24) is 4.90 Å². The van der Waals surface area contributed by atoms with E-state index in [9.17, 15) is 27.3 Å². The van der Waals surface area contributed by atoms with Gasteiger partial charge >= 0.3 is 6.18 Å². The maximum atomic E-state index is 12.6. The lowest BCUT2D eigenvalue weighted by molar-refractivity contribution is -0.139. The van der Waals surface area contributed by atoms with Crippen LogP contribution < -0.4 is 4.74 Å². The molecule has 9 heteroatoms. The Morgan fingerprint density at radius 3 is 2.65 bits per heavy atom. The van der Waals surface area contributed by atoms with E-state index in [1.807, 2.05) is 0 Å². The minimum Gasteiger partial charge on any atom is -0.485 e. The summed E-state index contributed by atoms with van der Waals surface area (Å²) in [7, 11) is -2.27. The van der Waals surface area contributed by atoms with E-state index in [0.29, 0.717) is 30.7 Å². The van der Waals surface area contributed by atoms with E-state index in [2.05, 4.69) is 0 Å². The van der Waals surface area contributed by atoms with Crippen molar-refractivity contribution in [3.63, 3.8) is 0 Å². The number of benzene rings is 1. The number of nitrogens with zero attached hydrogens (tertiary/aromatic N) is 1. The number of halogens is 3. The van der Waals surface area contributed by atoms with Crippen molar-refractivity contribution < 1.29 is 32.0 Å².